The first-order valence-corrected chi connectivity index (χ1v) is 9.45. The van der Waals surface area contributed by atoms with E-state index in [0.29, 0.717) is 34.7 Å². The summed E-state index contributed by atoms with van der Waals surface area (Å²) in [7, 11) is 0. The van der Waals surface area contributed by atoms with E-state index in [1.54, 1.807) is 26.0 Å². The molecule has 0 saturated heterocycles. The zero-order chi connectivity index (χ0) is 17.4. The highest BCUT2D eigenvalue weighted by Crippen LogP contribution is 2.11. The summed E-state index contributed by atoms with van der Waals surface area (Å²) in [5.74, 6) is 4.09. The number of nitrogens with zero attached hydrogens (tertiary/aromatic N) is 2. The number of amides is 2. The molecule has 0 radical (unpaired) electrons. The molecule has 2 rings (SSSR count). The molecule has 0 atom stereocenters. The first kappa shape index (κ1) is 18.4. The lowest BCUT2D eigenvalue weighted by molar-refractivity contribution is -0.114. The fourth-order valence-corrected chi connectivity index (χ4v) is 3.40. The molecule has 0 unspecified atom stereocenters. The summed E-state index contributed by atoms with van der Waals surface area (Å²) in [6, 6.07) is 3.32. The van der Waals surface area contributed by atoms with Gasteiger partial charge in [0.1, 0.15) is 11.5 Å². The standard InChI is InChI=1S/C14H18N4O4S2/c1-9-5-11(17-21-9)15-13(19)7-23-3-4-24-8-14(20)16-12-6-10(2)22-18-12/h5-6H,3-4,7-8H2,1-2H3,(H,15,17,19)(H,16,18,20). The predicted octanol–water partition coefficient (Wildman–Crippen LogP) is 2.32. The minimum absolute atomic E-state index is 0.127. The number of aryl methyl sites for hydroxylation is 2. The van der Waals surface area contributed by atoms with E-state index in [4.69, 9.17) is 9.05 Å². The van der Waals surface area contributed by atoms with Crippen molar-refractivity contribution in [3.63, 3.8) is 0 Å². The van der Waals surface area contributed by atoms with Crippen LogP contribution in [0.25, 0.3) is 0 Å². The van der Waals surface area contributed by atoms with Gasteiger partial charge < -0.3 is 19.7 Å². The van der Waals surface area contributed by atoms with Crippen molar-refractivity contribution < 1.29 is 18.6 Å². The Bertz CT molecular complexity index is 628. The van der Waals surface area contributed by atoms with Gasteiger partial charge in [-0.15, -0.1) is 0 Å². The van der Waals surface area contributed by atoms with Gasteiger partial charge in [-0.05, 0) is 13.8 Å². The summed E-state index contributed by atoms with van der Waals surface area (Å²) in [5, 5.41) is 12.7. The maximum absolute atomic E-state index is 11.7. The Morgan fingerprint density at radius 3 is 1.67 bits per heavy atom. The van der Waals surface area contributed by atoms with Crippen molar-refractivity contribution in [3.8, 4) is 0 Å². The number of hydrogen-bond acceptors (Lipinski definition) is 8. The van der Waals surface area contributed by atoms with Gasteiger partial charge in [0.25, 0.3) is 0 Å². The van der Waals surface area contributed by atoms with Crippen LogP contribution < -0.4 is 10.6 Å². The zero-order valence-corrected chi connectivity index (χ0v) is 15.0. The molecule has 8 nitrogen and oxygen atoms in total. The lowest BCUT2D eigenvalue weighted by Gasteiger charge is -2.03. The lowest BCUT2D eigenvalue weighted by Crippen LogP contribution is -2.15. The highest BCUT2D eigenvalue weighted by molar-refractivity contribution is 8.03. The fraction of sp³-hybridized carbons (Fsp3) is 0.429. The minimum Gasteiger partial charge on any atom is -0.360 e. The second kappa shape index (κ2) is 9.38. The van der Waals surface area contributed by atoms with Crippen molar-refractivity contribution in [2.75, 3.05) is 33.6 Å². The molecule has 0 saturated carbocycles. The molecule has 2 aromatic rings. The Labute approximate surface area is 147 Å². The SMILES string of the molecule is Cc1cc(NC(=O)CSCCSCC(=O)Nc2cc(C)on2)no1. The molecule has 0 fully saturated rings. The van der Waals surface area contributed by atoms with E-state index in [2.05, 4.69) is 20.9 Å². The Hall–Kier alpha value is -1.94. The molecular formula is C14H18N4O4S2. The zero-order valence-electron chi connectivity index (χ0n) is 13.3. The van der Waals surface area contributed by atoms with Crippen molar-refractivity contribution in [1.82, 2.24) is 10.3 Å². The predicted molar refractivity (Wildman–Crippen MR) is 94.4 cm³/mol. The van der Waals surface area contributed by atoms with Crippen molar-refractivity contribution in [2.24, 2.45) is 0 Å². The molecule has 2 aromatic heterocycles. The van der Waals surface area contributed by atoms with Crippen LogP contribution in [0.3, 0.4) is 0 Å². The molecule has 0 aliphatic rings. The van der Waals surface area contributed by atoms with Crippen LogP contribution in [0.5, 0.6) is 0 Å². The van der Waals surface area contributed by atoms with Crippen LogP contribution in [-0.4, -0.2) is 45.1 Å². The van der Waals surface area contributed by atoms with E-state index in [1.807, 2.05) is 0 Å². The molecular weight excluding hydrogens is 352 g/mol. The van der Waals surface area contributed by atoms with Crippen LogP contribution in [0.4, 0.5) is 11.6 Å². The van der Waals surface area contributed by atoms with Gasteiger partial charge in [-0.3, -0.25) is 9.59 Å². The normalized spacial score (nSPS) is 10.6. The monoisotopic (exact) mass is 370 g/mol. The first-order valence-electron chi connectivity index (χ1n) is 7.15. The third-order valence-corrected chi connectivity index (χ3v) is 4.81. The first-order chi connectivity index (χ1) is 11.5. The molecule has 130 valence electrons. The van der Waals surface area contributed by atoms with E-state index in [0.717, 1.165) is 11.5 Å². The van der Waals surface area contributed by atoms with Crippen LogP contribution in [0, 0.1) is 13.8 Å². The molecule has 0 bridgehead atoms. The fourth-order valence-electron chi connectivity index (χ4n) is 1.66. The number of thioether (sulfide) groups is 2. The van der Waals surface area contributed by atoms with Gasteiger partial charge in [-0.25, -0.2) is 0 Å². The third kappa shape index (κ3) is 6.67. The summed E-state index contributed by atoms with van der Waals surface area (Å²) >= 11 is 2.99. The van der Waals surface area contributed by atoms with Crippen LogP contribution in [0.1, 0.15) is 11.5 Å². The molecule has 2 N–H and O–H groups in total. The summed E-state index contributed by atoms with van der Waals surface area (Å²) in [4.78, 5) is 23.3. The Morgan fingerprint density at radius 1 is 0.917 bits per heavy atom. The smallest absolute Gasteiger partial charge is 0.235 e. The van der Waals surface area contributed by atoms with Crippen LogP contribution >= 0.6 is 23.5 Å². The van der Waals surface area contributed by atoms with Gasteiger partial charge in [0.2, 0.25) is 11.8 Å². The van der Waals surface area contributed by atoms with Gasteiger partial charge in [0.05, 0.1) is 11.5 Å². The van der Waals surface area contributed by atoms with E-state index in [1.165, 1.54) is 23.5 Å². The van der Waals surface area contributed by atoms with Gasteiger partial charge in [-0.2, -0.15) is 23.5 Å². The Balaban J connectivity index is 1.50. The number of aromatic nitrogens is 2. The summed E-state index contributed by atoms with van der Waals surface area (Å²) in [6.45, 7) is 3.52. The molecule has 2 amide bonds. The number of hydrogen-bond donors (Lipinski definition) is 2. The van der Waals surface area contributed by atoms with Crippen LogP contribution in [0.2, 0.25) is 0 Å². The Kier molecular flexibility index (Phi) is 7.19. The van der Waals surface area contributed by atoms with Gasteiger partial charge in [0.15, 0.2) is 11.6 Å². The topological polar surface area (TPSA) is 110 Å². The van der Waals surface area contributed by atoms with E-state index >= 15 is 0 Å². The summed E-state index contributed by atoms with van der Waals surface area (Å²) < 4.78 is 9.73. The molecule has 0 spiro atoms. The minimum atomic E-state index is -0.127. The second-order valence-electron chi connectivity index (χ2n) is 4.85. The van der Waals surface area contributed by atoms with Gasteiger partial charge in [0, 0.05) is 23.6 Å². The van der Waals surface area contributed by atoms with Crippen LogP contribution in [0.15, 0.2) is 21.2 Å². The highest BCUT2D eigenvalue weighted by Gasteiger charge is 2.08. The quantitative estimate of drug-likeness (QED) is 0.647. The lowest BCUT2D eigenvalue weighted by atomic mass is 10.5. The third-order valence-electron chi connectivity index (χ3n) is 2.63. The average molecular weight is 370 g/mol. The van der Waals surface area contributed by atoms with Gasteiger partial charge >= 0.3 is 0 Å². The molecule has 0 aliphatic carbocycles. The molecule has 10 heteroatoms. The molecule has 0 aromatic carbocycles. The number of carbonyl (C=O) groups is 2. The Morgan fingerprint density at radius 2 is 1.33 bits per heavy atom. The maximum Gasteiger partial charge on any atom is 0.235 e. The van der Waals surface area contributed by atoms with Crippen molar-refractivity contribution in [1.29, 1.82) is 0 Å². The van der Waals surface area contributed by atoms with Crippen molar-refractivity contribution in [3.05, 3.63) is 23.7 Å². The van der Waals surface area contributed by atoms with Gasteiger partial charge in [-0.1, -0.05) is 10.3 Å². The largest absolute Gasteiger partial charge is 0.360 e. The van der Waals surface area contributed by atoms with Crippen molar-refractivity contribution in [2.45, 2.75) is 13.8 Å². The molecule has 2 heterocycles. The number of rotatable bonds is 9. The summed E-state index contributed by atoms with van der Waals surface area (Å²) in [5.41, 5.74) is 0. The van der Waals surface area contributed by atoms with E-state index in [-0.39, 0.29) is 11.8 Å². The number of carbonyl (C=O) groups excluding carboxylic acids is 2. The van der Waals surface area contributed by atoms with E-state index in [9.17, 15) is 9.59 Å². The second-order valence-corrected chi connectivity index (χ2v) is 7.06. The maximum atomic E-state index is 11.7. The number of nitrogens with one attached hydrogen (secondary N) is 2. The molecule has 24 heavy (non-hydrogen) atoms. The summed E-state index contributed by atoms with van der Waals surface area (Å²) in [6.07, 6.45) is 0. The van der Waals surface area contributed by atoms with E-state index < -0.39 is 0 Å². The highest BCUT2D eigenvalue weighted by atomic mass is 32.2. The van der Waals surface area contributed by atoms with Crippen molar-refractivity contribution >= 4 is 47.0 Å². The number of anilines is 2. The average Bonchev–Trinajstić information content (AvgIpc) is 3.11. The molecule has 0 aliphatic heterocycles. The van der Waals surface area contributed by atoms with Crippen LogP contribution in [-0.2, 0) is 9.59 Å².